The van der Waals surface area contributed by atoms with Crippen LogP contribution < -0.4 is 15.8 Å². The molecule has 21 heavy (non-hydrogen) atoms. The Bertz CT molecular complexity index is 501. The molecule has 1 aromatic heterocycles. The van der Waals surface area contributed by atoms with Gasteiger partial charge in [-0.25, -0.2) is 9.78 Å². The van der Waals surface area contributed by atoms with Gasteiger partial charge < -0.3 is 25.8 Å². The molecule has 1 heterocycles. The molecule has 9 nitrogen and oxygen atoms in total. The predicted octanol–water partition coefficient (Wildman–Crippen LogP) is -0.828. The molecular formula is C12H16N4O5. The number of aliphatic carboxylic acids is 1. The Hall–Kier alpha value is -2.84. The number of nitrogens with two attached hydrogens (primary N) is 1. The molecule has 0 radical (unpaired) electrons. The first kappa shape index (κ1) is 16.2. The zero-order valence-corrected chi connectivity index (χ0v) is 11.4. The fourth-order valence-electron chi connectivity index (χ4n) is 1.48. The summed E-state index contributed by atoms with van der Waals surface area (Å²) in [6, 6.07) is 2.62. The largest absolute Gasteiger partial charge is 0.481 e. The minimum Gasteiger partial charge on any atom is -0.481 e. The quantitative estimate of drug-likeness (QED) is 0.601. The molecule has 0 aromatic carbocycles. The summed E-state index contributed by atoms with van der Waals surface area (Å²) in [5.74, 6) is -1.60. The number of pyridine rings is 1. The Morgan fingerprint density at radius 2 is 2.10 bits per heavy atom. The van der Waals surface area contributed by atoms with E-state index in [0.29, 0.717) is 11.4 Å². The summed E-state index contributed by atoms with van der Waals surface area (Å²) in [6.45, 7) is -0.959. The first-order chi connectivity index (χ1) is 9.92. The highest BCUT2D eigenvalue weighted by Gasteiger charge is 2.18. The van der Waals surface area contributed by atoms with Crippen molar-refractivity contribution < 1.29 is 24.2 Å². The Labute approximate surface area is 120 Å². The highest BCUT2D eigenvalue weighted by Crippen LogP contribution is 2.06. The van der Waals surface area contributed by atoms with E-state index < -0.39 is 31.0 Å². The Balaban J connectivity index is 2.59. The van der Waals surface area contributed by atoms with Crippen molar-refractivity contribution in [1.29, 1.82) is 0 Å². The fourth-order valence-corrected chi connectivity index (χ4v) is 1.48. The Morgan fingerprint density at radius 3 is 2.57 bits per heavy atom. The Morgan fingerprint density at radius 1 is 1.38 bits per heavy atom. The van der Waals surface area contributed by atoms with Crippen molar-refractivity contribution in [3.63, 3.8) is 0 Å². The molecule has 0 aliphatic rings. The molecule has 0 bridgehead atoms. The number of primary amides is 1. The smallest absolute Gasteiger partial charge is 0.323 e. The summed E-state index contributed by atoms with van der Waals surface area (Å²) in [6.07, 6.45) is 1.51. The lowest BCUT2D eigenvalue weighted by molar-refractivity contribution is -0.137. The van der Waals surface area contributed by atoms with Gasteiger partial charge in [0.05, 0.1) is 7.11 Å². The van der Waals surface area contributed by atoms with Gasteiger partial charge in [0.15, 0.2) is 0 Å². The number of hydrogen-bond donors (Lipinski definition) is 3. The number of urea groups is 1. The maximum Gasteiger partial charge on any atom is 0.323 e. The maximum absolute atomic E-state index is 11.8. The topological polar surface area (TPSA) is 135 Å². The molecule has 0 saturated carbocycles. The van der Waals surface area contributed by atoms with E-state index in [9.17, 15) is 14.4 Å². The average molecular weight is 296 g/mol. The van der Waals surface area contributed by atoms with Crippen LogP contribution in [0.3, 0.4) is 0 Å². The van der Waals surface area contributed by atoms with Crippen molar-refractivity contribution in [2.24, 2.45) is 5.73 Å². The monoisotopic (exact) mass is 296 g/mol. The van der Waals surface area contributed by atoms with Gasteiger partial charge in [-0.3, -0.25) is 9.59 Å². The van der Waals surface area contributed by atoms with Crippen LogP contribution in [-0.4, -0.2) is 53.1 Å². The van der Waals surface area contributed by atoms with E-state index >= 15 is 0 Å². The number of rotatable bonds is 7. The maximum atomic E-state index is 11.8. The number of carbonyl (C=O) groups is 3. The van der Waals surface area contributed by atoms with Gasteiger partial charge in [-0.05, 0) is 5.56 Å². The summed E-state index contributed by atoms with van der Waals surface area (Å²) in [4.78, 5) is 38.0. The van der Waals surface area contributed by atoms with Crippen LogP contribution in [0.5, 0.6) is 5.88 Å². The van der Waals surface area contributed by atoms with Crippen LogP contribution in [0.2, 0.25) is 0 Å². The molecule has 4 N–H and O–H groups in total. The summed E-state index contributed by atoms with van der Waals surface area (Å²) < 4.78 is 4.90. The average Bonchev–Trinajstić information content (AvgIpc) is 2.43. The van der Waals surface area contributed by atoms with Crippen molar-refractivity contribution in [3.05, 3.63) is 23.9 Å². The number of hydrogen-bond acceptors (Lipinski definition) is 5. The second-order valence-corrected chi connectivity index (χ2v) is 4.08. The molecule has 1 rings (SSSR count). The van der Waals surface area contributed by atoms with E-state index in [4.69, 9.17) is 15.6 Å². The van der Waals surface area contributed by atoms with Gasteiger partial charge in [0.2, 0.25) is 11.8 Å². The van der Waals surface area contributed by atoms with Gasteiger partial charge in [-0.15, -0.1) is 0 Å². The summed E-state index contributed by atoms with van der Waals surface area (Å²) in [5.41, 5.74) is 5.66. The van der Waals surface area contributed by atoms with E-state index in [1.807, 2.05) is 0 Å². The SMILES string of the molecule is COc1ccc(CNC(=O)N(CC(N)=O)CC(=O)O)cn1. The van der Waals surface area contributed by atoms with E-state index in [1.165, 1.54) is 13.3 Å². The molecule has 3 amide bonds. The van der Waals surface area contributed by atoms with Crippen LogP contribution in [0.15, 0.2) is 18.3 Å². The number of methoxy groups -OCH3 is 1. The van der Waals surface area contributed by atoms with Crippen molar-refractivity contribution in [3.8, 4) is 5.88 Å². The van der Waals surface area contributed by atoms with Crippen molar-refractivity contribution in [2.75, 3.05) is 20.2 Å². The molecule has 114 valence electrons. The Kier molecular flexibility index (Phi) is 5.93. The lowest BCUT2D eigenvalue weighted by Gasteiger charge is -2.19. The zero-order valence-electron chi connectivity index (χ0n) is 11.4. The third-order valence-electron chi connectivity index (χ3n) is 2.41. The van der Waals surface area contributed by atoms with Crippen LogP contribution in [0, 0.1) is 0 Å². The van der Waals surface area contributed by atoms with E-state index in [2.05, 4.69) is 10.3 Å². The van der Waals surface area contributed by atoms with Crippen molar-refractivity contribution >= 4 is 17.9 Å². The first-order valence-electron chi connectivity index (χ1n) is 5.94. The molecule has 0 unspecified atom stereocenters. The molecule has 0 saturated heterocycles. The van der Waals surface area contributed by atoms with E-state index in [0.717, 1.165) is 4.90 Å². The lowest BCUT2D eigenvalue weighted by atomic mass is 10.3. The molecule has 0 fully saturated rings. The highest BCUT2D eigenvalue weighted by atomic mass is 16.5. The third-order valence-corrected chi connectivity index (χ3v) is 2.41. The van der Waals surface area contributed by atoms with Crippen molar-refractivity contribution in [2.45, 2.75) is 6.54 Å². The van der Waals surface area contributed by atoms with Crippen LogP contribution in [0.25, 0.3) is 0 Å². The number of nitrogens with zero attached hydrogens (tertiary/aromatic N) is 2. The van der Waals surface area contributed by atoms with Gasteiger partial charge in [0, 0.05) is 18.8 Å². The van der Waals surface area contributed by atoms with E-state index in [1.54, 1.807) is 12.1 Å². The van der Waals surface area contributed by atoms with Crippen LogP contribution in [-0.2, 0) is 16.1 Å². The lowest BCUT2D eigenvalue weighted by Crippen LogP contribution is -2.46. The zero-order chi connectivity index (χ0) is 15.8. The minimum absolute atomic E-state index is 0.130. The first-order valence-corrected chi connectivity index (χ1v) is 5.94. The number of ether oxygens (including phenoxy) is 1. The second kappa shape index (κ2) is 7.68. The van der Waals surface area contributed by atoms with Crippen LogP contribution in [0.4, 0.5) is 4.79 Å². The summed E-state index contributed by atoms with van der Waals surface area (Å²) in [7, 11) is 1.48. The van der Waals surface area contributed by atoms with Gasteiger partial charge in [-0.2, -0.15) is 0 Å². The standard InChI is InChI=1S/C12H16N4O5/c1-21-10-3-2-8(4-14-10)5-15-12(20)16(6-9(13)17)7-11(18)19/h2-4H,5-7H2,1H3,(H2,13,17)(H,15,20)(H,18,19). The molecule has 0 aliphatic carbocycles. The molecule has 1 aromatic rings. The summed E-state index contributed by atoms with van der Waals surface area (Å²) >= 11 is 0. The number of aromatic nitrogens is 1. The predicted molar refractivity (Wildman–Crippen MR) is 71.4 cm³/mol. The van der Waals surface area contributed by atoms with Crippen LogP contribution >= 0.6 is 0 Å². The number of carbonyl (C=O) groups excluding carboxylic acids is 2. The van der Waals surface area contributed by atoms with Gasteiger partial charge in [0.25, 0.3) is 0 Å². The molecular weight excluding hydrogens is 280 g/mol. The van der Waals surface area contributed by atoms with Crippen molar-refractivity contribution in [1.82, 2.24) is 15.2 Å². The minimum atomic E-state index is -1.24. The van der Waals surface area contributed by atoms with Gasteiger partial charge in [0.1, 0.15) is 13.1 Å². The highest BCUT2D eigenvalue weighted by molar-refractivity contribution is 5.85. The molecule has 0 atom stereocenters. The van der Waals surface area contributed by atoms with Gasteiger partial charge in [-0.1, -0.05) is 6.07 Å². The van der Waals surface area contributed by atoms with Gasteiger partial charge >= 0.3 is 12.0 Å². The van der Waals surface area contributed by atoms with E-state index in [-0.39, 0.29) is 6.54 Å². The van der Waals surface area contributed by atoms with Crippen LogP contribution in [0.1, 0.15) is 5.56 Å². The second-order valence-electron chi connectivity index (χ2n) is 4.08. The fraction of sp³-hybridized carbons (Fsp3) is 0.333. The molecule has 9 heteroatoms. The third kappa shape index (κ3) is 5.76. The number of carboxylic acid groups (broad SMARTS) is 1. The normalized spacial score (nSPS) is 9.76. The summed E-state index contributed by atoms with van der Waals surface area (Å²) in [5, 5.41) is 11.2. The number of carboxylic acids is 1. The molecule has 0 aliphatic heterocycles. The molecule has 0 spiro atoms. The number of nitrogens with one attached hydrogen (secondary N) is 1. The number of amides is 3.